The number of hydrogen-bond donors (Lipinski definition) is 1. The number of halogens is 5. The van der Waals surface area contributed by atoms with Crippen LogP contribution >= 0.6 is 23.2 Å². The molecule has 0 aliphatic carbocycles. The molecule has 1 aromatic rings. The minimum absolute atomic E-state index is 0.0392. The first-order valence-corrected chi connectivity index (χ1v) is 4.40. The van der Waals surface area contributed by atoms with Gasteiger partial charge in [0.15, 0.2) is 10.9 Å². The molecule has 0 saturated heterocycles. The molecule has 0 spiro atoms. The van der Waals surface area contributed by atoms with Crippen molar-refractivity contribution >= 4 is 23.2 Å². The largest absolute Gasteiger partial charge is 0.573 e. The maximum Gasteiger partial charge on any atom is 0.573 e. The van der Waals surface area contributed by atoms with Gasteiger partial charge in [-0.15, -0.1) is 13.2 Å². The third-order valence-electron chi connectivity index (χ3n) is 1.42. The topological polar surface area (TPSA) is 48.1 Å². The van der Waals surface area contributed by atoms with E-state index in [1.54, 1.807) is 0 Å². The Morgan fingerprint density at radius 3 is 2.47 bits per heavy atom. The number of rotatable bonds is 2. The van der Waals surface area contributed by atoms with E-state index >= 15 is 0 Å². The molecule has 1 aromatic heterocycles. The smallest absolute Gasteiger partial charge is 0.402 e. The monoisotopic (exact) mass is 260 g/mol. The van der Waals surface area contributed by atoms with Crippen LogP contribution in [-0.4, -0.2) is 11.3 Å². The highest BCUT2D eigenvalue weighted by Crippen LogP contribution is 2.33. The van der Waals surface area contributed by atoms with Crippen molar-refractivity contribution in [3.8, 4) is 5.75 Å². The number of alkyl halides is 3. The molecular weight excluding hydrogens is 256 g/mol. The summed E-state index contributed by atoms with van der Waals surface area (Å²) in [6.07, 6.45) is -4.84. The Morgan fingerprint density at radius 1 is 1.40 bits per heavy atom. The number of ether oxygens (including phenoxy) is 1. The summed E-state index contributed by atoms with van der Waals surface area (Å²) < 4.78 is 39.5. The predicted molar refractivity (Wildman–Crippen MR) is 48.8 cm³/mol. The van der Waals surface area contributed by atoms with Crippen LogP contribution in [0.1, 0.15) is 5.56 Å². The maximum absolute atomic E-state index is 12.0. The fourth-order valence-corrected chi connectivity index (χ4v) is 1.40. The lowest BCUT2D eigenvalue weighted by molar-refractivity contribution is -0.275. The molecule has 3 nitrogen and oxygen atoms in total. The highest BCUT2D eigenvalue weighted by atomic mass is 35.5. The van der Waals surface area contributed by atoms with Gasteiger partial charge in [0, 0.05) is 12.1 Å². The Hall–Kier alpha value is -0.720. The molecule has 0 aliphatic rings. The van der Waals surface area contributed by atoms with Crippen LogP contribution in [-0.2, 0) is 6.54 Å². The average molecular weight is 261 g/mol. The number of hydrogen-bond acceptors (Lipinski definition) is 3. The van der Waals surface area contributed by atoms with Crippen molar-refractivity contribution in [1.82, 2.24) is 4.98 Å². The van der Waals surface area contributed by atoms with Crippen molar-refractivity contribution in [2.24, 2.45) is 5.73 Å². The average Bonchev–Trinajstić information content (AvgIpc) is 2.07. The zero-order valence-corrected chi connectivity index (χ0v) is 8.62. The molecule has 84 valence electrons. The lowest BCUT2D eigenvalue weighted by Gasteiger charge is -2.13. The van der Waals surface area contributed by atoms with Crippen LogP contribution in [0.25, 0.3) is 0 Å². The van der Waals surface area contributed by atoms with Crippen LogP contribution in [0.15, 0.2) is 6.07 Å². The zero-order valence-electron chi connectivity index (χ0n) is 7.11. The first kappa shape index (κ1) is 12.4. The molecule has 1 heterocycles. The van der Waals surface area contributed by atoms with Crippen molar-refractivity contribution in [1.29, 1.82) is 0 Å². The van der Waals surface area contributed by atoms with Gasteiger partial charge in [-0.1, -0.05) is 23.2 Å². The molecule has 1 rings (SSSR count). The predicted octanol–water partition coefficient (Wildman–Crippen LogP) is 2.75. The van der Waals surface area contributed by atoms with E-state index in [0.717, 1.165) is 6.07 Å². The molecule has 0 aromatic carbocycles. The Morgan fingerprint density at radius 2 is 2.00 bits per heavy atom. The fourth-order valence-electron chi connectivity index (χ4n) is 0.894. The minimum atomic E-state index is -4.84. The van der Waals surface area contributed by atoms with Crippen molar-refractivity contribution in [3.05, 3.63) is 21.9 Å². The second kappa shape index (κ2) is 4.42. The Kier molecular flexibility index (Phi) is 3.64. The fraction of sp³-hybridized carbons (Fsp3) is 0.286. The summed E-state index contributed by atoms with van der Waals surface area (Å²) in [5.41, 5.74) is 5.25. The summed E-state index contributed by atoms with van der Waals surface area (Å²) >= 11 is 10.9. The van der Waals surface area contributed by atoms with E-state index in [2.05, 4.69) is 9.72 Å². The van der Waals surface area contributed by atoms with Crippen LogP contribution < -0.4 is 10.5 Å². The van der Waals surface area contributed by atoms with Gasteiger partial charge in [0.05, 0.1) is 0 Å². The SMILES string of the molecule is NCc1cc(Cl)nc(Cl)c1OC(F)(F)F. The quantitative estimate of drug-likeness (QED) is 0.832. The molecule has 0 amide bonds. The molecule has 8 heteroatoms. The van der Waals surface area contributed by atoms with Crippen molar-refractivity contribution in [2.45, 2.75) is 12.9 Å². The third kappa shape index (κ3) is 3.40. The Labute approximate surface area is 92.9 Å². The molecule has 0 fully saturated rings. The standard InChI is InChI=1S/C7H5Cl2F3N2O/c8-4-1-3(2-13)5(6(9)14-4)15-7(10,11)12/h1H,2,13H2. The van der Waals surface area contributed by atoms with Crippen LogP contribution in [0.2, 0.25) is 10.3 Å². The van der Waals surface area contributed by atoms with Crippen molar-refractivity contribution < 1.29 is 17.9 Å². The molecule has 0 radical (unpaired) electrons. The summed E-state index contributed by atoms with van der Waals surface area (Å²) in [7, 11) is 0. The second-order valence-corrected chi connectivity index (χ2v) is 3.22. The van der Waals surface area contributed by atoms with Gasteiger partial charge in [-0.3, -0.25) is 0 Å². The van der Waals surface area contributed by atoms with Gasteiger partial charge in [-0.05, 0) is 6.07 Å². The zero-order chi connectivity index (χ0) is 11.6. The highest BCUT2D eigenvalue weighted by Gasteiger charge is 2.33. The maximum atomic E-state index is 12.0. The van der Waals surface area contributed by atoms with Gasteiger partial charge >= 0.3 is 6.36 Å². The first-order chi connectivity index (χ1) is 6.83. The summed E-state index contributed by atoms with van der Waals surface area (Å²) in [4.78, 5) is 3.42. The van der Waals surface area contributed by atoms with Crippen LogP contribution in [0.4, 0.5) is 13.2 Å². The number of pyridine rings is 1. The van der Waals surface area contributed by atoms with E-state index in [-0.39, 0.29) is 17.3 Å². The van der Waals surface area contributed by atoms with Gasteiger partial charge in [-0.2, -0.15) is 0 Å². The number of aromatic nitrogens is 1. The van der Waals surface area contributed by atoms with E-state index in [9.17, 15) is 13.2 Å². The summed E-state index contributed by atoms with van der Waals surface area (Å²) in [5, 5.41) is -0.518. The molecular formula is C7H5Cl2F3N2O. The van der Waals surface area contributed by atoms with Gasteiger partial charge < -0.3 is 10.5 Å². The second-order valence-electron chi connectivity index (χ2n) is 2.48. The van der Waals surface area contributed by atoms with E-state index in [0.29, 0.717) is 0 Å². The molecule has 0 saturated carbocycles. The minimum Gasteiger partial charge on any atom is -0.402 e. The van der Waals surface area contributed by atoms with Crippen LogP contribution in [0.3, 0.4) is 0 Å². The summed E-state index contributed by atoms with van der Waals surface area (Å²) in [6.45, 7) is -0.187. The third-order valence-corrected chi connectivity index (χ3v) is 1.86. The lowest BCUT2D eigenvalue weighted by Crippen LogP contribution is -2.19. The molecule has 0 aliphatic heterocycles. The summed E-state index contributed by atoms with van der Waals surface area (Å²) in [5.74, 6) is -0.615. The molecule has 0 atom stereocenters. The van der Waals surface area contributed by atoms with Crippen LogP contribution in [0, 0.1) is 0 Å². The van der Waals surface area contributed by atoms with Gasteiger partial charge in [0.25, 0.3) is 0 Å². The van der Waals surface area contributed by atoms with E-state index in [1.165, 1.54) is 0 Å². The number of nitrogens with two attached hydrogens (primary N) is 1. The van der Waals surface area contributed by atoms with E-state index in [4.69, 9.17) is 28.9 Å². The Bertz CT molecular complexity index is 370. The van der Waals surface area contributed by atoms with Crippen LogP contribution in [0.5, 0.6) is 5.75 Å². The Balaban J connectivity index is 3.15. The van der Waals surface area contributed by atoms with Gasteiger partial charge in [0.2, 0.25) is 0 Å². The molecule has 0 bridgehead atoms. The normalized spacial score (nSPS) is 11.6. The van der Waals surface area contributed by atoms with Crippen molar-refractivity contribution in [2.75, 3.05) is 0 Å². The molecule has 2 N–H and O–H groups in total. The number of nitrogens with zero attached hydrogens (tertiary/aromatic N) is 1. The lowest BCUT2D eigenvalue weighted by atomic mass is 10.2. The molecule has 15 heavy (non-hydrogen) atoms. The highest BCUT2D eigenvalue weighted by molar-refractivity contribution is 6.33. The van der Waals surface area contributed by atoms with Gasteiger partial charge in [0.1, 0.15) is 5.15 Å². The molecule has 0 unspecified atom stereocenters. The van der Waals surface area contributed by atoms with E-state index in [1.807, 2.05) is 0 Å². The first-order valence-electron chi connectivity index (χ1n) is 3.64. The summed E-state index contributed by atoms with van der Waals surface area (Å²) in [6, 6.07) is 1.16. The van der Waals surface area contributed by atoms with E-state index < -0.39 is 17.3 Å². The van der Waals surface area contributed by atoms with Gasteiger partial charge in [-0.25, -0.2) is 4.98 Å². The van der Waals surface area contributed by atoms with Crippen molar-refractivity contribution in [3.63, 3.8) is 0 Å².